The van der Waals surface area contributed by atoms with Gasteiger partial charge in [-0.2, -0.15) is 5.54 Å². The summed E-state index contributed by atoms with van der Waals surface area (Å²) in [5, 5.41) is 0.805. The van der Waals surface area contributed by atoms with Gasteiger partial charge >= 0.3 is 6.09 Å². The molecule has 3 heterocycles. The molecule has 12 heteroatoms. The number of hydrogen-bond donors (Lipinski definition) is 2. The Labute approximate surface area is 269 Å². The summed E-state index contributed by atoms with van der Waals surface area (Å²) < 4.78 is 23.8. The molecule has 2 aromatic carbocycles. The molecule has 1 unspecified atom stereocenters. The molecular formula is C34H46FN5O6. The fourth-order valence-electron chi connectivity index (χ4n) is 5.08. The fraction of sp³-hybridized carbons (Fsp3) is 0.471. The molecule has 11 nitrogen and oxygen atoms in total. The van der Waals surface area contributed by atoms with Gasteiger partial charge in [0.2, 0.25) is 5.91 Å². The second-order valence-electron chi connectivity index (χ2n) is 11.8. The lowest BCUT2D eigenvalue weighted by Crippen LogP contribution is -2.60. The van der Waals surface area contributed by atoms with E-state index in [1.807, 2.05) is 83.1 Å². The van der Waals surface area contributed by atoms with Crippen LogP contribution in [0.3, 0.4) is 0 Å². The summed E-state index contributed by atoms with van der Waals surface area (Å²) in [5.74, 6) is -0.948. The number of ether oxygens (including phenoxy) is 2. The summed E-state index contributed by atoms with van der Waals surface area (Å²) >= 11 is 0. The molecule has 46 heavy (non-hydrogen) atoms. The first-order valence-corrected chi connectivity index (χ1v) is 15.7. The van der Waals surface area contributed by atoms with Gasteiger partial charge in [0.25, 0.3) is 11.8 Å². The van der Waals surface area contributed by atoms with E-state index < -0.39 is 11.9 Å². The van der Waals surface area contributed by atoms with Crippen molar-refractivity contribution in [2.75, 3.05) is 32.7 Å². The minimum atomic E-state index is -1.07. The number of aromatic nitrogens is 1. The predicted octanol–water partition coefficient (Wildman–Crippen LogP) is 5.46. The molecule has 4 amide bonds. The first kappa shape index (κ1) is 35.9. The summed E-state index contributed by atoms with van der Waals surface area (Å²) in [6.45, 7) is 13.4. The van der Waals surface area contributed by atoms with Crippen molar-refractivity contribution in [2.24, 2.45) is 0 Å². The average Bonchev–Trinajstić information content (AvgIpc) is 3.74. The van der Waals surface area contributed by atoms with Crippen LogP contribution in [-0.2, 0) is 20.9 Å². The fourth-order valence-corrected chi connectivity index (χ4v) is 5.08. The summed E-state index contributed by atoms with van der Waals surface area (Å²) in [7, 11) is 0. The Hall–Kier alpha value is -4.61. The Morgan fingerprint density at radius 1 is 0.935 bits per heavy atom. The normalized spacial score (nSPS) is 16.1. The number of halogens is 1. The molecular weight excluding hydrogens is 593 g/mol. The quantitative estimate of drug-likeness (QED) is 0.357. The maximum Gasteiger partial charge on any atom is 0.410 e. The molecule has 2 N–H and O–H groups in total. The van der Waals surface area contributed by atoms with Crippen LogP contribution >= 0.6 is 0 Å². The van der Waals surface area contributed by atoms with E-state index in [-0.39, 0.29) is 43.1 Å². The van der Waals surface area contributed by atoms with E-state index in [1.54, 1.807) is 11.0 Å². The van der Waals surface area contributed by atoms with Gasteiger partial charge in [0, 0.05) is 44.0 Å². The van der Waals surface area contributed by atoms with E-state index >= 15 is 0 Å². The third-order valence-electron chi connectivity index (χ3n) is 7.30. The highest BCUT2D eigenvalue weighted by Crippen LogP contribution is 2.24. The number of likely N-dealkylation sites (tertiary alicyclic amines) is 1. The van der Waals surface area contributed by atoms with E-state index in [0.29, 0.717) is 18.1 Å². The summed E-state index contributed by atoms with van der Waals surface area (Å²) in [4.78, 5) is 55.6. The van der Waals surface area contributed by atoms with Gasteiger partial charge in [0.05, 0.1) is 6.54 Å². The Balaban J connectivity index is 0.000000345. The molecule has 2 aliphatic heterocycles. The largest absolute Gasteiger partial charge is 0.489 e. The van der Waals surface area contributed by atoms with Gasteiger partial charge in [-0.3, -0.25) is 14.4 Å². The van der Waals surface area contributed by atoms with E-state index in [2.05, 4.69) is 4.98 Å². The van der Waals surface area contributed by atoms with Crippen molar-refractivity contribution in [3.8, 4) is 5.75 Å². The standard InChI is InChI=1S/C23H23FN4O4.C9H17NO2.C2H6/c1-15(29)28-10-9-27(13-21(28)22(30)26-24)23(31)20-12-17-11-18(7-8-19(17)25-20)32-14-16-5-3-2-4-6-16;1-9(2,3)12-8(11)10-6-4-5-7-10;1-2/h2-8,11-12,21,25H,9-10,13-14H2,1H3,(H,26,30);4-7H2,1-3H3;1-2H3. The van der Waals surface area contributed by atoms with Crippen LogP contribution in [0.5, 0.6) is 5.75 Å². The zero-order valence-electron chi connectivity index (χ0n) is 27.6. The van der Waals surface area contributed by atoms with Crippen LogP contribution in [0, 0.1) is 0 Å². The molecule has 0 aliphatic carbocycles. The van der Waals surface area contributed by atoms with Gasteiger partial charge in [-0.1, -0.05) is 44.2 Å². The monoisotopic (exact) mass is 639 g/mol. The van der Waals surface area contributed by atoms with Crippen LogP contribution in [0.4, 0.5) is 9.28 Å². The van der Waals surface area contributed by atoms with Gasteiger partial charge in [-0.25, -0.2) is 4.79 Å². The third kappa shape index (κ3) is 9.95. The van der Waals surface area contributed by atoms with Crippen molar-refractivity contribution in [1.29, 1.82) is 0 Å². The highest BCUT2D eigenvalue weighted by Gasteiger charge is 2.36. The lowest BCUT2D eigenvalue weighted by Gasteiger charge is -2.39. The number of hydrogen-bond acceptors (Lipinski definition) is 6. The highest BCUT2D eigenvalue weighted by molar-refractivity contribution is 5.99. The Bertz CT molecular complexity index is 1470. The number of fused-ring (bicyclic) bond motifs is 1. The van der Waals surface area contributed by atoms with Gasteiger partial charge < -0.3 is 29.2 Å². The highest BCUT2D eigenvalue weighted by atomic mass is 19.2. The second kappa shape index (κ2) is 16.6. The Morgan fingerprint density at radius 3 is 2.22 bits per heavy atom. The van der Waals surface area contributed by atoms with Crippen LogP contribution in [0.25, 0.3) is 10.9 Å². The minimum Gasteiger partial charge on any atom is -0.489 e. The molecule has 0 saturated carbocycles. The van der Waals surface area contributed by atoms with E-state index in [4.69, 9.17) is 9.47 Å². The molecule has 0 bridgehead atoms. The van der Waals surface area contributed by atoms with Gasteiger partial charge in [-0.15, -0.1) is 4.48 Å². The molecule has 0 spiro atoms. The number of carbonyl (C=O) groups excluding carboxylic acids is 4. The summed E-state index contributed by atoms with van der Waals surface area (Å²) in [6.07, 6.45) is 2.05. The van der Waals surface area contributed by atoms with Crippen molar-refractivity contribution in [2.45, 2.75) is 72.6 Å². The smallest absolute Gasteiger partial charge is 0.410 e. The number of nitrogens with one attached hydrogen (secondary N) is 2. The molecule has 5 rings (SSSR count). The molecule has 0 radical (unpaired) electrons. The van der Waals surface area contributed by atoms with Crippen LogP contribution < -0.4 is 10.3 Å². The minimum absolute atomic E-state index is 0.0883. The lowest BCUT2D eigenvalue weighted by atomic mass is 10.1. The van der Waals surface area contributed by atoms with Crippen molar-refractivity contribution < 1.29 is 33.1 Å². The third-order valence-corrected chi connectivity index (χ3v) is 7.30. The Morgan fingerprint density at radius 2 is 1.61 bits per heavy atom. The van der Waals surface area contributed by atoms with Crippen LogP contribution in [-0.4, -0.2) is 87.9 Å². The van der Waals surface area contributed by atoms with E-state index in [9.17, 15) is 23.7 Å². The molecule has 1 atom stereocenters. The number of carbonyl (C=O) groups is 4. The van der Waals surface area contributed by atoms with E-state index in [0.717, 1.165) is 47.9 Å². The van der Waals surface area contributed by atoms with Crippen molar-refractivity contribution in [1.82, 2.24) is 25.2 Å². The maximum atomic E-state index is 13.0. The predicted molar refractivity (Wildman–Crippen MR) is 174 cm³/mol. The SMILES string of the molecule is CC.CC(=O)N1CCN(C(=O)c2cc3cc(OCc4ccccc4)ccc3[nH]2)CC1C(=O)NF.CC(C)(C)OC(=O)N1CCCC1. The number of piperazine rings is 1. The Kier molecular flexibility index (Phi) is 13.0. The molecule has 1 aromatic heterocycles. The molecule has 3 aromatic rings. The molecule has 2 aliphatic rings. The van der Waals surface area contributed by atoms with E-state index in [1.165, 1.54) is 16.7 Å². The van der Waals surface area contributed by atoms with Crippen LogP contribution in [0.1, 0.15) is 70.4 Å². The number of benzene rings is 2. The van der Waals surface area contributed by atoms with Crippen molar-refractivity contribution >= 4 is 34.7 Å². The number of amides is 4. The lowest BCUT2D eigenvalue weighted by molar-refractivity contribution is -0.143. The number of nitrogens with zero attached hydrogens (tertiary/aromatic N) is 3. The van der Waals surface area contributed by atoms with Crippen molar-refractivity contribution in [3.63, 3.8) is 0 Å². The molecule has 2 fully saturated rings. The maximum absolute atomic E-state index is 13.0. The average molecular weight is 640 g/mol. The van der Waals surface area contributed by atoms with Gasteiger partial charge in [0.1, 0.15) is 29.7 Å². The van der Waals surface area contributed by atoms with Crippen molar-refractivity contribution in [3.05, 3.63) is 65.9 Å². The summed E-state index contributed by atoms with van der Waals surface area (Å²) in [6, 6.07) is 15.9. The van der Waals surface area contributed by atoms with Gasteiger partial charge in [0.15, 0.2) is 0 Å². The zero-order valence-corrected chi connectivity index (χ0v) is 27.6. The topological polar surface area (TPSA) is 124 Å². The molecule has 250 valence electrons. The van der Waals surface area contributed by atoms with Crippen LogP contribution in [0.2, 0.25) is 0 Å². The first-order valence-electron chi connectivity index (χ1n) is 15.7. The second-order valence-corrected chi connectivity index (χ2v) is 11.8. The zero-order chi connectivity index (χ0) is 33.9. The molecule has 2 saturated heterocycles. The van der Waals surface area contributed by atoms with Gasteiger partial charge in [-0.05, 0) is 63.4 Å². The number of rotatable bonds is 5. The first-order chi connectivity index (χ1) is 21.9. The number of H-pyrrole nitrogens is 1. The van der Waals surface area contributed by atoms with Crippen LogP contribution in [0.15, 0.2) is 54.6 Å². The summed E-state index contributed by atoms with van der Waals surface area (Å²) in [5.41, 5.74) is 2.87. The number of aromatic amines is 1.